The Hall–Kier alpha value is -2.77. The maximum absolute atomic E-state index is 12.9. The maximum Gasteiger partial charge on any atom is 0.260 e. The molecule has 1 aromatic rings. The van der Waals surface area contributed by atoms with Gasteiger partial charge in [0.1, 0.15) is 0 Å². The highest BCUT2D eigenvalue weighted by Crippen LogP contribution is 2.30. The second-order valence-corrected chi connectivity index (χ2v) is 7.79. The fourth-order valence-electron chi connectivity index (χ4n) is 3.95. The lowest BCUT2D eigenvalue weighted by molar-refractivity contribution is -0.134. The number of amides is 3. The molecule has 3 rings (SSSR count). The van der Waals surface area contributed by atoms with Crippen molar-refractivity contribution in [2.75, 3.05) is 39.4 Å². The van der Waals surface area contributed by atoms with Gasteiger partial charge in [0.05, 0.1) is 6.61 Å². The minimum absolute atomic E-state index is 0.0328. The fraction of sp³-hybridized carbons (Fsp3) is 0.591. The van der Waals surface area contributed by atoms with Gasteiger partial charge < -0.3 is 25.0 Å². The topological polar surface area (TPSA) is 102 Å². The standard InChI is InChI=1S/C22H31N3O5/c1-2-29-19-14-17(22(28)25-12-8-16(9-13-25)21(23)27)6-7-18(19)30-15-20(26)24-10-4-3-5-11-24/h6-7,14,16H,2-5,8-13,15H2,1H3,(H2,23,27). The van der Waals surface area contributed by atoms with Crippen LogP contribution in [0.4, 0.5) is 0 Å². The number of carbonyl (C=O) groups is 3. The molecule has 0 spiro atoms. The molecule has 0 saturated carbocycles. The van der Waals surface area contributed by atoms with Crippen molar-refractivity contribution < 1.29 is 23.9 Å². The molecule has 30 heavy (non-hydrogen) atoms. The van der Waals surface area contributed by atoms with E-state index in [-0.39, 0.29) is 30.2 Å². The molecule has 164 valence electrons. The van der Waals surface area contributed by atoms with Crippen LogP contribution in [0, 0.1) is 5.92 Å². The lowest BCUT2D eigenvalue weighted by Crippen LogP contribution is -2.41. The molecule has 0 bridgehead atoms. The van der Waals surface area contributed by atoms with E-state index >= 15 is 0 Å². The Bertz CT molecular complexity index is 768. The highest BCUT2D eigenvalue weighted by Gasteiger charge is 2.27. The summed E-state index contributed by atoms with van der Waals surface area (Å²) in [4.78, 5) is 40.1. The second-order valence-electron chi connectivity index (χ2n) is 7.79. The first-order chi connectivity index (χ1) is 14.5. The van der Waals surface area contributed by atoms with Crippen molar-refractivity contribution in [1.82, 2.24) is 9.80 Å². The number of carbonyl (C=O) groups excluding carboxylic acids is 3. The molecule has 3 amide bonds. The molecule has 8 nitrogen and oxygen atoms in total. The number of nitrogens with two attached hydrogens (primary N) is 1. The molecule has 1 aromatic carbocycles. The van der Waals surface area contributed by atoms with E-state index in [1.165, 1.54) is 0 Å². The molecule has 0 aliphatic carbocycles. The molecule has 2 fully saturated rings. The van der Waals surface area contributed by atoms with Crippen LogP contribution in [0.25, 0.3) is 0 Å². The monoisotopic (exact) mass is 417 g/mol. The van der Waals surface area contributed by atoms with Gasteiger partial charge in [-0.2, -0.15) is 0 Å². The van der Waals surface area contributed by atoms with Crippen molar-refractivity contribution in [1.29, 1.82) is 0 Å². The average molecular weight is 418 g/mol. The SMILES string of the molecule is CCOc1cc(C(=O)N2CCC(C(N)=O)CC2)ccc1OCC(=O)N1CCCCC1. The van der Waals surface area contributed by atoms with Crippen LogP contribution in [0.5, 0.6) is 11.5 Å². The molecule has 2 saturated heterocycles. The van der Waals surface area contributed by atoms with Crippen LogP contribution >= 0.6 is 0 Å². The Balaban J connectivity index is 1.63. The van der Waals surface area contributed by atoms with Crippen molar-refractivity contribution in [3.8, 4) is 11.5 Å². The van der Waals surface area contributed by atoms with Gasteiger partial charge in [-0.05, 0) is 57.2 Å². The van der Waals surface area contributed by atoms with Crippen LogP contribution in [-0.2, 0) is 9.59 Å². The van der Waals surface area contributed by atoms with Gasteiger partial charge >= 0.3 is 0 Å². The molecule has 0 atom stereocenters. The molecule has 0 unspecified atom stereocenters. The number of hydrogen-bond donors (Lipinski definition) is 1. The largest absolute Gasteiger partial charge is 0.490 e. The van der Waals surface area contributed by atoms with Gasteiger partial charge in [0.15, 0.2) is 18.1 Å². The predicted octanol–water partition coefficient (Wildman–Crippen LogP) is 1.81. The minimum atomic E-state index is -0.304. The summed E-state index contributed by atoms with van der Waals surface area (Å²) < 4.78 is 11.4. The van der Waals surface area contributed by atoms with E-state index < -0.39 is 0 Å². The van der Waals surface area contributed by atoms with Crippen LogP contribution in [-0.4, -0.2) is 66.9 Å². The Morgan fingerprint density at radius 3 is 2.30 bits per heavy atom. The Morgan fingerprint density at radius 1 is 0.967 bits per heavy atom. The first-order valence-corrected chi connectivity index (χ1v) is 10.8. The van der Waals surface area contributed by atoms with Crippen LogP contribution in [0.3, 0.4) is 0 Å². The molecule has 0 radical (unpaired) electrons. The number of nitrogens with zero attached hydrogens (tertiary/aromatic N) is 2. The number of ether oxygens (including phenoxy) is 2. The molecular formula is C22H31N3O5. The van der Waals surface area contributed by atoms with Crippen molar-refractivity contribution in [3.05, 3.63) is 23.8 Å². The first-order valence-electron chi connectivity index (χ1n) is 10.8. The third-order valence-corrected chi connectivity index (χ3v) is 5.73. The molecular weight excluding hydrogens is 386 g/mol. The quantitative estimate of drug-likeness (QED) is 0.729. The Labute approximate surface area is 177 Å². The van der Waals surface area contributed by atoms with Crippen LogP contribution in [0.15, 0.2) is 18.2 Å². The van der Waals surface area contributed by atoms with Crippen LogP contribution in [0.2, 0.25) is 0 Å². The fourth-order valence-corrected chi connectivity index (χ4v) is 3.95. The van der Waals surface area contributed by atoms with E-state index in [4.69, 9.17) is 15.2 Å². The average Bonchev–Trinajstić information content (AvgIpc) is 2.78. The highest BCUT2D eigenvalue weighted by atomic mass is 16.5. The summed E-state index contributed by atoms with van der Waals surface area (Å²) in [6.45, 7) is 4.77. The first kappa shape index (κ1) is 21.9. The van der Waals surface area contributed by atoms with Gasteiger partial charge in [-0.1, -0.05) is 0 Å². The van der Waals surface area contributed by atoms with Gasteiger partial charge in [0, 0.05) is 37.7 Å². The van der Waals surface area contributed by atoms with E-state index in [0.29, 0.717) is 49.6 Å². The third-order valence-electron chi connectivity index (χ3n) is 5.73. The molecule has 2 aliphatic heterocycles. The molecule has 2 aliphatic rings. The highest BCUT2D eigenvalue weighted by molar-refractivity contribution is 5.95. The van der Waals surface area contributed by atoms with E-state index in [1.807, 2.05) is 11.8 Å². The summed E-state index contributed by atoms with van der Waals surface area (Å²) in [5, 5.41) is 0. The summed E-state index contributed by atoms with van der Waals surface area (Å²) in [5.74, 6) is 0.278. The summed E-state index contributed by atoms with van der Waals surface area (Å²) >= 11 is 0. The minimum Gasteiger partial charge on any atom is -0.490 e. The number of piperidine rings is 2. The third kappa shape index (κ3) is 5.43. The number of likely N-dealkylation sites (tertiary alicyclic amines) is 2. The predicted molar refractivity (Wildman–Crippen MR) is 111 cm³/mol. The van der Waals surface area contributed by atoms with Crippen molar-refractivity contribution >= 4 is 17.7 Å². The normalized spacial score (nSPS) is 17.5. The summed E-state index contributed by atoms with van der Waals surface area (Å²) in [5.41, 5.74) is 5.86. The van der Waals surface area contributed by atoms with Gasteiger partial charge in [-0.15, -0.1) is 0 Å². The second kappa shape index (κ2) is 10.3. The van der Waals surface area contributed by atoms with E-state index in [2.05, 4.69) is 0 Å². The number of primary amides is 1. The maximum atomic E-state index is 12.9. The van der Waals surface area contributed by atoms with E-state index in [9.17, 15) is 14.4 Å². The van der Waals surface area contributed by atoms with Crippen LogP contribution in [0.1, 0.15) is 49.4 Å². The lowest BCUT2D eigenvalue weighted by Gasteiger charge is -2.30. The molecule has 2 heterocycles. The number of hydrogen-bond acceptors (Lipinski definition) is 5. The van der Waals surface area contributed by atoms with Crippen LogP contribution < -0.4 is 15.2 Å². The Morgan fingerprint density at radius 2 is 1.67 bits per heavy atom. The van der Waals surface area contributed by atoms with Crippen molar-refractivity contribution in [2.45, 2.75) is 39.0 Å². The molecule has 8 heteroatoms. The Kier molecular flexibility index (Phi) is 7.54. The number of benzene rings is 1. The number of rotatable bonds is 7. The smallest absolute Gasteiger partial charge is 0.260 e. The van der Waals surface area contributed by atoms with Gasteiger partial charge in [-0.25, -0.2) is 0 Å². The van der Waals surface area contributed by atoms with Gasteiger partial charge in [0.2, 0.25) is 5.91 Å². The summed E-state index contributed by atoms with van der Waals surface area (Å²) in [6.07, 6.45) is 4.39. The summed E-state index contributed by atoms with van der Waals surface area (Å²) in [7, 11) is 0. The zero-order chi connectivity index (χ0) is 21.5. The van der Waals surface area contributed by atoms with Crippen molar-refractivity contribution in [3.63, 3.8) is 0 Å². The van der Waals surface area contributed by atoms with Gasteiger partial charge in [-0.3, -0.25) is 14.4 Å². The zero-order valence-corrected chi connectivity index (χ0v) is 17.6. The van der Waals surface area contributed by atoms with Crippen molar-refractivity contribution in [2.24, 2.45) is 11.7 Å². The molecule has 2 N–H and O–H groups in total. The van der Waals surface area contributed by atoms with E-state index in [0.717, 1.165) is 32.4 Å². The molecule has 0 aromatic heterocycles. The van der Waals surface area contributed by atoms with Gasteiger partial charge in [0.25, 0.3) is 11.8 Å². The lowest BCUT2D eigenvalue weighted by atomic mass is 9.96. The zero-order valence-electron chi connectivity index (χ0n) is 17.6. The van der Waals surface area contributed by atoms with E-state index in [1.54, 1.807) is 23.1 Å². The summed E-state index contributed by atoms with van der Waals surface area (Å²) in [6, 6.07) is 5.02.